The number of hydrogen-bond acceptors (Lipinski definition) is 2. The van der Waals surface area contributed by atoms with Gasteiger partial charge in [0.05, 0.1) is 12.1 Å². The maximum atomic E-state index is 6.22. The summed E-state index contributed by atoms with van der Waals surface area (Å²) < 4.78 is 0. The summed E-state index contributed by atoms with van der Waals surface area (Å²) in [4.78, 5) is 6.22. The minimum Gasteiger partial charge on any atom is -0.294 e. The van der Waals surface area contributed by atoms with Crippen LogP contribution in [0.15, 0.2) is 30.3 Å². The van der Waals surface area contributed by atoms with Crippen molar-refractivity contribution in [2.45, 2.75) is 69.1 Å². The molecule has 102 valence electrons. The second-order valence-corrected chi connectivity index (χ2v) is 6.56. The summed E-state index contributed by atoms with van der Waals surface area (Å²) in [5.74, 6) is 0. The van der Waals surface area contributed by atoms with Crippen LogP contribution >= 0.6 is 0 Å². The minimum absolute atomic E-state index is 0.361. The summed E-state index contributed by atoms with van der Waals surface area (Å²) >= 11 is 0. The van der Waals surface area contributed by atoms with E-state index in [0.29, 0.717) is 17.7 Å². The first-order valence-corrected chi connectivity index (χ1v) is 7.88. The van der Waals surface area contributed by atoms with Crippen LogP contribution in [-0.2, 0) is 4.84 Å². The summed E-state index contributed by atoms with van der Waals surface area (Å²) in [6.45, 7) is 0. The number of hydroxylamine groups is 2. The second kappa shape index (κ2) is 4.60. The third kappa shape index (κ3) is 1.93. The van der Waals surface area contributed by atoms with Gasteiger partial charge in [0.15, 0.2) is 0 Å². The van der Waals surface area contributed by atoms with Gasteiger partial charge < -0.3 is 0 Å². The van der Waals surface area contributed by atoms with Gasteiger partial charge in [0.1, 0.15) is 0 Å². The van der Waals surface area contributed by atoms with E-state index in [1.165, 1.54) is 56.9 Å². The molecule has 2 heterocycles. The highest BCUT2D eigenvalue weighted by atomic mass is 16.7. The number of fused-ring (bicyclic) bond motifs is 3. The maximum Gasteiger partial charge on any atom is 0.0831 e. The Balaban J connectivity index is 1.63. The Hall–Kier alpha value is -0.860. The highest BCUT2D eigenvalue weighted by Crippen LogP contribution is 2.53. The Morgan fingerprint density at radius 3 is 2.42 bits per heavy atom. The molecule has 1 aliphatic carbocycles. The van der Waals surface area contributed by atoms with E-state index in [0.717, 1.165) is 0 Å². The lowest BCUT2D eigenvalue weighted by atomic mass is 9.79. The lowest BCUT2D eigenvalue weighted by Crippen LogP contribution is -2.45. The normalized spacial score (nSPS) is 36.5. The Morgan fingerprint density at radius 2 is 1.74 bits per heavy atom. The van der Waals surface area contributed by atoms with Crippen molar-refractivity contribution in [3.05, 3.63) is 35.9 Å². The van der Waals surface area contributed by atoms with Gasteiger partial charge in [0.25, 0.3) is 0 Å². The first-order chi connectivity index (χ1) is 9.37. The Kier molecular flexibility index (Phi) is 2.89. The first-order valence-electron chi connectivity index (χ1n) is 7.88. The van der Waals surface area contributed by atoms with E-state index in [2.05, 4.69) is 35.4 Å². The van der Waals surface area contributed by atoms with E-state index >= 15 is 0 Å². The van der Waals surface area contributed by atoms with Crippen molar-refractivity contribution in [1.29, 1.82) is 0 Å². The Bertz CT molecular complexity index is 436. The quantitative estimate of drug-likeness (QED) is 0.746. The molecular weight excluding hydrogens is 234 g/mol. The fourth-order valence-corrected chi connectivity index (χ4v) is 4.46. The van der Waals surface area contributed by atoms with Crippen molar-refractivity contribution in [1.82, 2.24) is 5.06 Å². The van der Waals surface area contributed by atoms with Gasteiger partial charge in [-0.3, -0.25) is 4.84 Å². The molecular formula is C17H23NO. The molecule has 0 amide bonds. The Morgan fingerprint density at radius 1 is 1.00 bits per heavy atom. The molecule has 2 bridgehead atoms. The number of nitrogens with zero attached hydrogens (tertiary/aromatic N) is 1. The molecule has 2 unspecified atom stereocenters. The fourth-order valence-electron chi connectivity index (χ4n) is 4.46. The van der Waals surface area contributed by atoms with Crippen molar-refractivity contribution in [2.75, 3.05) is 0 Å². The topological polar surface area (TPSA) is 12.5 Å². The van der Waals surface area contributed by atoms with Crippen LogP contribution in [0.1, 0.15) is 63.0 Å². The SMILES string of the molecule is c1ccc([C@H]2CC3CC4(CCCCCC4)N2O3)cc1. The van der Waals surface area contributed by atoms with E-state index in [9.17, 15) is 0 Å². The standard InChI is InChI=1S/C17H23NO/c1-2-7-11-17(10-6-1)13-15-12-16(18(17)19-15)14-8-4-3-5-9-14/h3-5,8-9,15-16H,1-2,6-7,10-13H2/t15?,16-/m1/s1. The largest absolute Gasteiger partial charge is 0.294 e. The van der Waals surface area contributed by atoms with E-state index < -0.39 is 0 Å². The van der Waals surface area contributed by atoms with Crippen molar-refractivity contribution in [2.24, 2.45) is 0 Å². The zero-order valence-corrected chi connectivity index (χ0v) is 11.6. The molecule has 3 atom stereocenters. The van der Waals surface area contributed by atoms with Gasteiger partial charge in [0, 0.05) is 5.54 Å². The van der Waals surface area contributed by atoms with E-state index in [-0.39, 0.29) is 0 Å². The molecule has 2 saturated heterocycles. The summed E-state index contributed by atoms with van der Waals surface area (Å²) in [7, 11) is 0. The third-order valence-electron chi connectivity index (χ3n) is 5.33. The zero-order valence-electron chi connectivity index (χ0n) is 11.6. The van der Waals surface area contributed by atoms with E-state index in [4.69, 9.17) is 4.84 Å². The summed E-state index contributed by atoms with van der Waals surface area (Å²) in [6.07, 6.45) is 11.2. The van der Waals surface area contributed by atoms with Gasteiger partial charge in [-0.05, 0) is 31.2 Å². The van der Waals surface area contributed by atoms with Crippen molar-refractivity contribution in [3.8, 4) is 0 Å². The average molecular weight is 257 g/mol. The van der Waals surface area contributed by atoms with Crippen molar-refractivity contribution in [3.63, 3.8) is 0 Å². The Labute approximate surface area is 115 Å². The van der Waals surface area contributed by atoms with E-state index in [1.807, 2.05) is 0 Å². The molecule has 1 spiro atoms. The molecule has 2 heteroatoms. The predicted molar refractivity (Wildman–Crippen MR) is 75.6 cm³/mol. The number of piperidine rings is 1. The lowest BCUT2D eigenvalue weighted by molar-refractivity contribution is -0.171. The molecule has 3 fully saturated rings. The predicted octanol–water partition coefficient (Wildman–Crippen LogP) is 4.23. The van der Waals surface area contributed by atoms with Gasteiger partial charge in [-0.1, -0.05) is 56.0 Å². The summed E-state index contributed by atoms with van der Waals surface area (Å²) in [6, 6.07) is 11.4. The molecule has 1 aromatic carbocycles. The molecule has 19 heavy (non-hydrogen) atoms. The van der Waals surface area contributed by atoms with Gasteiger partial charge in [-0.2, -0.15) is 5.06 Å². The van der Waals surface area contributed by atoms with Gasteiger partial charge in [0.2, 0.25) is 0 Å². The van der Waals surface area contributed by atoms with Crippen LogP contribution in [0.2, 0.25) is 0 Å². The zero-order chi connectivity index (χ0) is 12.7. The molecule has 3 aliphatic rings. The molecule has 0 aromatic heterocycles. The van der Waals surface area contributed by atoms with Crippen LogP contribution in [0.25, 0.3) is 0 Å². The second-order valence-electron chi connectivity index (χ2n) is 6.56. The highest BCUT2D eigenvalue weighted by molar-refractivity contribution is 5.22. The molecule has 0 N–H and O–H groups in total. The van der Waals surface area contributed by atoms with Crippen LogP contribution in [0, 0.1) is 0 Å². The minimum atomic E-state index is 0.361. The van der Waals surface area contributed by atoms with E-state index in [1.54, 1.807) is 0 Å². The van der Waals surface area contributed by atoms with Crippen LogP contribution < -0.4 is 0 Å². The summed E-state index contributed by atoms with van der Waals surface area (Å²) in [5.41, 5.74) is 1.80. The molecule has 2 aliphatic heterocycles. The number of hydrogen-bond donors (Lipinski definition) is 0. The molecule has 0 radical (unpaired) electrons. The molecule has 1 aromatic rings. The van der Waals surface area contributed by atoms with Gasteiger partial charge in [-0.25, -0.2) is 0 Å². The fraction of sp³-hybridized carbons (Fsp3) is 0.647. The maximum absolute atomic E-state index is 6.22. The van der Waals surface area contributed by atoms with Crippen LogP contribution in [0.5, 0.6) is 0 Å². The smallest absolute Gasteiger partial charge is 0.0831 e. The lowest BCUT2D eigenvalue weighted by Gasteiger charge is -2.41. The van der Waals surface area contributed by atoms with Crippen LogP contribution in [0.3, 0.4) is 0 Å². The molecule has 4 rings (SSSR count). The third-order valence-corrected chi connectivity index (χ3v) is 5.33. The number of benzene rings is 1. The molecule has 2 nitrogen and oxygen atoms in total. The van der Waals surface area contributed by atoms with Crippen molar-refractivity contribution >= 4 is 0 Å². The monoisotopic (exact) mass is 257 g/mol. The van der Waals surface area contributed by atoms with Gasteiger partial charge >= 0.3 is 0 Å². The van der Waals surface area contributed by atoms with Crippen LogP contribution in [0.4, 0.5) is 0 Å². The van der Waals surface area contributed by atoms with Gasteiger partial charge in [-0.15, -0.1) is 0 Å². The summed E-state index contributed by atoms with van der Waals surface area (Å²) in [5, 5.41) is 2.42. The highest BCUT2D eigenvalue weighted by Gasteiger charge is 2.55. The van der Waals surface area contributed by atoms with Crippen molar-refractivity contribution < 1.29 is 4.84 Å². The van der Waals surface area contributed by atoms with Crippen LogP contribution in [-0.4, -0.2) is 16.7 Å². The number of rotatable bonds is 1. The first kappa shape index (κ1) is 11.9. The average Bonchev–Trinajstić information content (AvgIpc) is 2.93. The molecule has 1 saturated carbocycles.